The molecule has 0 saturated carbocycles. The maximum Gasteiger partial charge on any atom is 0.233 e. The number of phenolic OH excluding ortho intramolecular Hbond substituents is 1. The van der Waals surface area contributed by atoms with Crippen molar-refractivity contribution in [1.29, 1.82) is 0 Å². The van der Waals surface area contributed by atoms with E-state index in [1.807, 2.05) is 13.0 Å². The first kappa shape index (κ1) is 24.6. The number of carbonyl (C=O) groups is 2. The van der Waals surface area contributed by atoms with Gasteiger partial charge in [-0.2, -0.15) is 0 Å². The summed E-state index contributed by atoms with van der Waals surface area (Å²) >= 11 is 0. The highest BCUT2D eigenvalue weighted by Crippen LogP contribution is 2.50. The summed E-state index contributed by atoms with van der Waals surface area (Å²) in [6, 6.07) is 4.46. The summed E-state index contributed by atoms with van der Waals surface area (Å²) in [6.45, 7) is 7.24. The summed E-state index contributed by atoms with van der Waals surface area (Å²) in [5, 5.41) is 9.47. The van der Waals surface area contributed by atoms with Crippen LogP contribution in [0.25, 0.3) is 6.08 Å². The third-order valence-electron chi connectivity index (χ3n) is 7.61. The number of carbonyl (C=O) groups excluding carboxylic acids is 2. The van der Waals surface area contributed by atoms with Gasteiger partial charge in [0.25, 0.3) is 0 Å². The van der Waals surface area contributed by atoms with Gasteiger partial charge in [-0.15, -0.1) is 0 Å². The van der Waals surface area contributed by atoms with Crippen LogP contribution in [0.5, 0.6) is 5.75 Å². The molecule has 1 aromatic carbocycles. The molecule has 6 heteroatoms. The van der Waals surface area contributed by atoms with Crippen molar-refractivity contribution in [2.75, 3.05) is 13.2 Å². The molecule has 0 bridgehead atoms. The van der Waals surface area contributed by atoms with E-state index in [9.17, 15) is 19.1 Å². The zero-order chi connectivity index (χ0) is 24.4. The van der Waals surface area contributed by atoms with E-state index in [1.165, 1.54) is 33.8 Å². The number of ether oxygens (including phenoxy) is 1. The van der Waals surface area contributed by atoms with Gasteiger partial charge in [-0.1, -0.05) is 50.5 Å². The van der Waals surface area contributed by atoms with Crippen LogP contribution < -0.4 is 0 Å². The minimum atomic E-state index is -0.617. The first-order valence-corrected chi connectivity index (χ1v) is 12.8. The number of nitrogens with zero attached hydrogens (tertiary/aromatic N) is 1. The van der Waals surface area contributed by atoms with E-state index >= 15 is 0 Å². The van der Waals surface area contributed by atoms with Crippen LogP contribution in [-0.4, -0.2) is 41.1 Å². The Morgan fingerprint density at radius 2 is 1.94 bits per heavy atom. The number of benzene rings is 1. The quantitative estimate of drug-likeness (QED) is 0.376. The summed E-state index contributed by atoms with van der Waals surface area (Å²) in [6.07, 6.45) is 7.79. The van der Waals surface area contributed by atoms with Crippen molar-refractivity contribution >= 4 is 17.9 Å². The number of fused-ring (bicyclic) bond motifs is 3. The lowest BCUT2D eigenvalue weighted by atomic mass is 9.69. The fourth-order valence-corrected chi connectivity index (χ4v) is 6.08. The van der Waals surface area contributed by atoms with Gasteiger partial charge in [-0.3, -0.25) is 14.5 Å². The van der Waals surface area contributed by atoms with Gasteiger partial charge in [-0.05, 0) is 61.8 Å². The van der Waals surface area contributed by atoms with Gasteiger partial charge in [0.15, 0.2) is 11.6 Å². The number of hydrogen-bond donors (Lipinski definition) is 1. The van der Waals surface area contributed by atoms with Gasteiger partial charge in [-0.25, -0.2) is 4.39 Å². The van der Waals surface area contributed by atoms with Crippen molar-refractivity contribution in [2.24, 2.45) is 17.8 Å². The largest absolute Gasteiger partial charge is 0.505 e. The van der Waals surface area contributed by atoms with Crippen LogP contribution in [0.3, 0.4) is 0 Å². The van der Waals surface area contributed by atoms with E-state index in [0.717, 1.165) is 44.1 Å². The SMILES string of the molecule is CCC/C(=C\c1ccc(O)c(F)c1)CC[C@H]1OC[C@H]2C1=C(CC)C[C@H]1C(=O)N(CCC)C(=O)[C@H]12. The molecule has 1 aliphatic carbocycles. The van der Waals surface area contributed by atoms with Crippen molar-refractivity contribution in [1.82, 2.24) is 4.90 Å². The smallest absolute Gasteiger partial charge is 0.233 e. The molecule has 1 N–H and O–H groups in total. The second-order valence-electron chi connectivity index (χ2n) is 9.81. The third kappa shape index (κ3) is 4.57. The summed E-state index contributed by atoms with van der Waals surface area (Å²) in [5.41, 5.74) is 4.50. The maximum absolute atomic E-state index is 13.8. The molecule has 2 aliphatic heterocycles. The summed E-state index contributed by atoms with van der Waals surface area (Å²) in [5.74, 6) is -1.48. The molecule has 0 aromatic heterocycles. The molecule has 2 saturated heterocycles. The molecule has 0 spiro atoms. The predicted octanol–water partition coefficient (Wildman–Crippen LogP) is 5.63. The van der Waals surface area contributed by atoms with E-state index in [0.29, 0.717) is 19.6 Å². The maximum atomic E-state index is 13.8. The average Bonchev–Trinajstić information content (AvgIpc) is 3.34. The van der Waals surface area contributed by atoms with Crippen LogP contribution in [-0.2, 0) is 14.3 Å². The third-order valence-corrected chi connectivity index (χ3v) is 7.61. The first-order valence-electron chi connectivity index (χ1n) is 12.8. The molecular weight excluding hydrogens is 433 g/mol. The summed E-state index contributed by atoms with van der Waals surface area (Å²) in [4.78, 5) is 27.6. The Balaban J connectivity index is 1.53. The number of likely N-dealkylation sites (tertiary alicyclic amines) is 1. The van der Waals surface area contributed by atoms with Gasteiger partial charge in [0.1, 0.15) is 0 Å². The van der Waals surface area contributed by atoms with Crippen molar-refractivity contribution in [3.8, 4) is 5.75 Å². The topological polar surface area (TPSA) is 66.8 Å². The lowest BCUT2D eigenvalue weighted by Gasteiger charge is -2.31. The van der Waals surface area contributed by atoms with Crippen molar-refractivity contribution in [3.05, 3.63) is 46.3 Å². The fourth-order valence-electron chi connectivity index (χ4n) is 6.08. The fraction of sp³-hybridized carbons (Fsp3) is 0.571. The van der Waals surface area contributed by atoms with Gasteiger partial charge < -0.3 is 9.84 Å². The number of phenols is 1. The Kier molecular flexibility index (Phi) is 7.56. The first-order chi connectivity index (χ1) is 16.4. The minimum Gasteiger partial charge on any atom is -0.505 e. The number of halogens is 1. The Morgan fingerprint density at radius 1 is 1.15 bits per heavy atom. The summed E-state index contributed by atoms with van der Waals surface area (Å²) in [7, 11) is 0. The van der Waals surface area contributed by atoms with E-state index in [2.05, 4.69) is 13.8 Å². The van der Waals surface area contributed by atoms with Gasteiger partial charge >= 0.3 is 0 Å². The van der Waals surface area contributed by atoms with Crippen LogP contribution >= 0.6 is 0 Å². The zero-order valence-corrected chi connectivity index (χ0v) is 20.5. The second kappa shape index (κ2) is 10.4. The Bertz CT molecular complexity index is 1010. The summed E-state index contributed by atoms with van der Waals surface area (Å²) < 4.78 is 20.1. The van der Waals surface area contributed by atoms with Crippen LogP contribution in [0, 0.1) is 23.6 Å². The molecule has 1 aromatic rings. The molecule has 2 fully saturated rings. The minimum absolute atomic E-state index is 0.000375. The normalized spacial score (nSPS) is 26.9. The second-order valence-corrected chi connectivity index (χ2v) is 9.81. The number of imide groups is 1. The van der Waals surface area contributed by atoms with E-state index in [-0.39, 0.29) is 41.4 Å². The molecule has 184 valence electrons. The number of rotatable bonds is 9. The van der Waals surface area contributed by atoms with Crippen LogP contribution in [0.1, 0.15) is 71.3 Å². The molecule has 4 rings (SSSR count). The lowest BCUT2D eigenvalue weighted by molar-refractivity contribution is -0.140. The van der Waals surface area contributed by atoms with Gasteiger partial charge in [0.05, 0.1) is 24.5 Å². The molecule has 2 amide bonds. The van der Waals surface area contributed by atoms with E-state index in [4.69, 9.17) is 4.74 Å². The molecule has 5 nitrogen and oxygen atoms in total. The average molecular weight is 470 g/mol. The Morgan fingerprint density at radius 3 is 2.62 bits per heavy atom. The van der Waals surface area contributed by atoms with Crippen LogP contribution in [0.2, 0.25) is 0 Å². The Hall–Kier alpha value is -2.47. The molecule has 2 heterocycles. The van der Waals surface area contributed by atoms with Gasteiger partial charge in [0.2, 0.25) is 11.8 Å². The van der Waals surface area contributed by atoms with Crippen molar-refractivity contribution in [2.45, 2.75) is 71.8 Å². The zero-order valence-electron chi connectivity index (χ0n) is 20.5. The highest BCUT2D eigenvalue weighted by atomic mass is 19.1. The standard InChI is InChI=1S/C28H36FNO4/c1-4-7-17(13-18-8-10-23(31)22(29)14-18)9-11-24-25-19(6-3)15-20-26(21(25)16-34-24)28(33)30(12-5-2)27(20)32/h8,10,13-14,20-21,24,26,31H,4-7,9,11-12,15-16H2,1-3H3/b17-13+/t20-,21+,24-,26-/m1/s1. The molecule has 34 heavy (non-hydrogen) atoms. The molecule has 0 radical (unpaired) electrons. The van der Waals surface area contributed by atoms with E-state index < -0.39 is 5.82 Å². The highest BCUT2D eigenvalue weighted by molar-refractivity contribution is 6.05. The highest BCUT2D eigenvalue weighted by Gasteiger charge is 2.56. The molecular formula is C28H36FNO4. The van der Waals surface area contributed by atoms with Crippen molar-refractivity contribution in [3.63, 3.8) is 0 Å². The van der Waals surface area contributed by atoms with Crippen molar-refractivity contribution < 1.29 is 23.8 Å². The Labute approximate surface area is 201 Å². The lowest BCUT2D eigenvalue weighted by Crippen LogP contribution is -2.34. The number of allylic oxidation sites excluding steroid dienone is 2. The molecule has 3 aliphatic rings. The number of amides is 2. The van der Waals surface area contributed by atoms with Crippen LogP contribution in [0.15, 0.2) is 34.9 Å². The number of aromatic hydroxyl groups is 1. The number of hydrogen-bond acceptors (Lipinski definition) is 4. The predicted molar refractivity (Wildman–Crippen MR) is 129 cm³/mol. The molecule has 0 unspecified atom stereocenters. The molecule has 4 atom stereocenters. The van der Waals surface area contributed by atoms with E-state index in [1.54, 1.807) is 6.07 Å². The van der Waals surface area contributed by atoms with Crippen LogP contribution in [0.4, 0.5) is 4.39 Å². The van der Waals surface area contributed by atoms with Gasteiger partial charge in [0, 0.05) is 12.5 Å². The monoisotopic (exact) mass is 469 g/mol.